The molecule has 1 saturated carbocycles. The minimum Gasteiger partial charge on any atom is -0.364 e. The van der Waals surface area contributed by atoms with E-state index in [1.54, 1.807) is 0 Å². The number of anilines is 1. The van der Waals surface area contributed by atoms with Crippen LogP contribution < -0.4 is 11.1 Å². The Morgan fingerprint density at radius 3 is 2.52 bits per heavy atom. The first kappa shape index (κ1) is 15.2. The van der Waals surface area contributed by atoms with Gasteiger partial charge in [-0.05, 0) is 19.8 Å². The van der Waals surface area contributed by atoms with Crippen molar-refractivity contribution in [2.75, 3.05) is 5.32 Å². The highest BCUT2D eigenvalue weighted by Crippen LogP contribution is 2.37. The Kier molecular flexibility index (Phi) is 4.72. The van der Waals surface area contributed by atoms with E-state index >= 15 is 0 Å². The quantitative estimate of drug-likeness (QED) is 0.735. The molecule has 1 aromatic rings. The summed E-state index contributed by atoms with van der Waals surface area (Å²) in [6.45, 7) is 1.43. The predicted octanol–water partition coefficient (Wildman–Crippen LogP) is 1.47. The van der Waals surface area contributed by atoms with Gasteiger partial charge in [-0.15, -0.1) is 0 Å². The van der Waals surface area contributed by atoms with Gasteiger partial charge in [0, 0.05) is 18.8 Å². The summed E-state index contributed by atoms with van der Waals surface area (Å²) >= 11 is 0. The summed E-state index contributed by atoms with van der Waals surface area (Å²) in [5.74, 6) is -0.789. The molecule has 0 spiro atoms. The standard InChI is InChI=1S/C14H20N4O3/c1-8(19)6-7-10(20)16-12-11(9-4-2-3-5-9)17-18-13(12)14(15)21/h9H,2-7H2,1H3,(H2,15,21)(H,16,20)(H,17,18). The van der Waals surface area contributed by atoms with Crippen LogP contribution in [0.15, 0.2) is 0 Å². The molecule has 4 N–H and O–H groups in total. The number of ketones is 1. The van der Waals surface area contributed by atoms with Crippen molar-refractivity contribution in [1.82, 2.24) is 10.2 Å². The van der Waals surface area contributed by atoms with Crippen molar-refractivity contribution < 1.29 is 14.4 Å². The highest BCUT2D eigenvalue weighted by molar-refractivity contribution is 6.02. The smallest absolute Gasteiger partial charge is 0.271 e. The van der Waals surface area contributed by atoms with Crippen LogP contribution in [0.3, 0.4) is 0 Å². The monoisotopic (exact) mass is 292 g/mol. The first-order valence-electron chi connectivity index (χ1n) is 7.16. The van der Waals surface area contributed by atoms with E-state index in [2.05, 4.69) is 15.5 Å². The third kappa shape index (κ3) is 3.68. The topological polar surface area (TPSA) is 118 Å². The maximum absolute atomic E-state index is 11.9. The number of rotatable bonds is 6. The third-order valence-corrected chi connectivity index (χ3v) is 3.76. The Balaban J connectivity index is 2.18. The van der Waals surface area contributed by atoms with Gasteiger partial charge in [-0.3, -0.25) is 14.7 Å². The maximum Gasteiger partial charge on any atom is 0.271 e. The van der Waals surface area contributed by atoms with Gasteiger partial charge in [0.15, 0.2) is 5.69 Å². The number of aromatic nitrogens is 2. The number of nitrogens with two attached hydrogens (primary N) is 1. The molecule has 21 heavy (non-hydrogen) atoms. The van der Waals surface area contributed by atoms with Crippen LogP contribution in [0.1, 0.15) is 67.5 Å². The molecule has 0 aliphatic heterocycles. The zero-order chi connectivity index (χ0) is 15.4. The van der Waals surface area contributed by atoms with E-state index in [0.717, 1.165) is 31.4 Å². The van der Waals surface area contributed by atoms with Crippen molar-refractivity contribution in [2.24, 2.45) is 5.73 Å². The Hall–Kier alpha value is -2.18. The molecule has 0 saturated heterocycles. The summed E-state index contributed by atoms with van der Waals surface area (Å²) in [5.41, 5.74) is 6.49. The van der Waals surface area contributed by atoms with E-state index in [1.807, 2.05) is 0 Å². The fourth-order valence-corrected chi connectivity index (χ4v) is 2.66. The van der Waals surface area contributed by atoms with Crippen molar-refractivity contribution in [3.05, 3.63) is 11.4 Å². The molecule has 1 heterocycles. The zero-order valence-corrected chi connectivity index (χ0v) is 12.1. The highest BCUT2D eigenvalue weighted by atomic mass is 16.2. The Morgan fingerprint density at radius 2 is 1.95 bits per heavy atom. The lowest BCUT2D eigenvalue weighted by Gasteiger charge is -2.11. The summed E-state index contributed by atoms with van der Waals surface area (Å²) < 4.78 is 0. The average Bonchev–Trinajstić information content (AvgIpc) is 3.04. The van der Waals surface area contributed by atoms with Gasteiger partial charge in [-0.2, -0.15) is 5.10 Å². The number of Topliss-reactive ketones (excluding diaryl/α,β-unsaturated/α-hetero) is 1. The number of H-pyrrole nitrogens is 1. The van der Waals surface area contributed by atoms with Gasteiger partial charge >= 0.3 is 0 Å². The summed E-state index contributed by atoms with van der Waals surface area (Å²) in [6, 6.07) is 0. The van der Waals surface area contributed by atoms with E-state index < -0.39 is 5.91 Å². The Morgan fingerprint density at radius 1 is 1.29 bits per heavy atom. The Bertz CT molecular complexity index is 559. The largest absolute Gasteiger partial charge is 0.364 e. The fraction of sp³-hybridized carbons (Fsp3) is 0.571. The summed E-state index contributed by atoms with van der Waals surface area (Å²) in [6.07, 6.45) is 4.49. The van der Waals surface area contributed by atoms with Gasteiger partial charge < -0.3 is 15.8 Å². The van der Waals surface area contributed by atoms with E-state index in [4.69, 9.17) is 5.73 Å². The molecule has 114 valence electrons. The van der Waals surface area contributed by atoms with Crippen molar-refractivity contribution >= 4 is 23.3 Å². The van der Waals surface area contributed by atoms with Gasteiger partial charge in [0.05, 0.1) is 11.4 Å². The van der Waals surface area contributed by atoms with E-state index in [9.17, 15) is 14.4 Å². The van der Waals surface area contributed by atoms with E-state index in [0.29, 0.717) is 5.69 Å². The molecule has 0 bridgehead atoms. The van der Waals surface area contributed by atoms with Crippen LogP contribution in [-0.2, 0) is 9.59 Å². The SMILES string of the molecule is CC(=O)CCC(=O)Nc1c(C(N)=O)n[nH]c1C1CCCC1. The van der Waals surface area contributed by atoms with Crippen LogP contribution in [0.25, 0.3) is 0 Å². The highest BCUT2D eigenvalue weighted by Gasteiger charge is 2.27. The van der Waals surface area contributed by atoms with Crippen molar-refractivity contribution in [3.8, 4) is 0 Å². The molecule has 1 aliphatic carbocycles. The minimum absolute atomic E-state index is 0.0491. The number of hydrogen-bond donors (Lipinski definition) is 3. The first-order valence-corrected chi connectivity index (χ1v) is 7.16. The molecular weight excluding hydrogens is 272 g/mol. The molecule has 0 aromatic carbocycles. The second-order valence-corrected chi connectivity index (χ2v) is 5.46. The summed E-state index contributed by atoms with van der Waals surface area (Å²) in [4.78, 5) is 34.3. The second-order valence-electron chi connectivity index (χ2n) is 5.46. The van der Waals surface area contributed by atoms with Crippen LogP contribution >= 0.6 is 0 Å². The normalized spacial score (nSPS) is 15.1. The van der Waals surface area contributed by atoms with Crippen LogP contribution in [0.2, 0.25) is 0 Å². The molecule has 7 heteroatoms. The van der Waals surface area contributed by atoms with Crippen LogP contribution in [0.4, 0.5) is 5.69 Å². The van der Waals surface area contributed by atoms with Crippen LogP contribution in [0, 0.1) is 0 Å². The van der Waals surface area contributed by atoms with Crippen LogP contribution in [-0.4, -0.2) is 27.8 Å². The molecule has 2 amide bonds. The summed E-state index contributed by atoms with van der Waals surface area (Å²) in [7, 11) is 0. The molecule has 2 rings (SSSR count). The molecule has 0 atom stereocenters. The predicted molar refractivity (Wildman–Crippen MR) is 76.9 cm³/mol. The number of nitrogens with zero attached hydrogens (tertiary/aromatic N) is 1. The van der Waals surface area contributed by atoms with E-state index in [-0.39, 0.29) is 36.1 Å². The molecule has 0 radical (unpaired) electrons. The van der Waals surface area contributed by atoms with Crippen molar-refractivity contribution in [1.29, 1.82) is 0 Å². The minimum atomic E-state index is -0.683. The molecule has 0 unspecified atom stereocenters. The lowest BCUT2D eigenvalue weighted by molar-refractivity contribution is -0.121. The number of nitrogens with one attached hydrogen (secondary N) is 2. The molecule has 1 aromatic heterocycles. The van der Waals surface area contributed by atoms with Gasteiger partial charge in [0.2, 0.25) is 5.91 Å². The fourth-order valence-electron chi connectivity index (χ4n) is 2.66. The van der Waals surface area contributed by atoms with Crippen molar-refractivity contribution in [2.45, 2.75) is 51.4 Å². The van der Waals surface area contributed by atoms with Gasteiger partial charge in [-0.1, -0.05) is 12.8 Å². The van der Waals surface area contributed by atoms with Crippen molar-refractivity contribution in [3.63, 3.8) is 0 Å². The zero-order valence-electron chi connectivity index (χ0n) is 12.1. The van der Waals surface area contributed by atoms with Gasteiger partial charge in [-0.25, -0.2) is 0 Å². The number of aromatic amines is 1. The number of carbonyl (C=O) groups is 3. The number of primary amides is 1. The van der Waals surface area contributed by atoms with Crippen LogP contribution in [0.5, 0.6) is 0 Å². The first-order chi connectivity index (χ1) is 9.99. The van der Waals surface area contributed by atoms with Gasteiger partial charge in [0.25, 0.3) is 5.91 Å². The number of carbonyl (C=O) groups excluding carboxylic acids is 3. The lowest BCUT2D eigenvalue weighted by Crippen LogP contribution is -2.19. The average molecular weight is 292 g/mol. The molecule has 7 nitrogen and oxygen atoms in total. The maximum atomic E-state index is 11.9. The Labute approximate surface area is 122 Å². The third-order valence-electron chi connectivity index (χ3n) is 3.76. The second kappa shape index (κ2) is 6.51. The summed E-state index contributed by atoms with van der Waals surface area (Å²) in [5, 5.41) is 9.45. The van der Waals surface area contributed by atoms with E-state index in [1.165, 1.54) is 6.92 Å². The molecule has 1 aliphatic rings. The lowest BCUT2D eigenvalue weighted by atomic mass is 10.0. The van der Waals surface area contributed by atoms with Gasteiger partial charge in [0.1, 0.15) is 5.78 Å². The number of hydrogen-bond acceptors (Lipinski definition) is 4. The molecular formula is C14H20N4O3. The molecule has 1 fully saturated rings. The number of amides is 2.